The maximum absolute atomic E-state index is 12.8. The number of hydrogen-bond acceptors (Lipinski definition) is 3. The molecule has 4 heterocycles. The first kappa shape index (κ1) is 12.4. The number of hydrogen-bond donors (Lipinski definition) is 1. The first-order chi connectivity index (χ1) is 9.72. The van der Waals surface area contributed by atoms with Gasteiger partial charge in [-0.1, -0.05) is 0 Å². The van der Waals surface area contributed by atoms with Gasteiger partial charge >= 0.3 is 0 Å². The van der Waals surface area contributed by atoms with Crippen molar-refractivity contribution in [1.82, 2.24) is 9.88 Å². The standard InChI is InChI=1S/C16H18N2OS/c1-10-2-5-15(20-10)13-3-4-14-12-6-11(7-17-8-12)9-18(14)16(13)19/h2-5,11-12,17H,6-9H2,1H3. The van der Waals surface area contributed by atoms with E-state index in [9.17, 15) is 4.79 Å². The van der Waals surface area contributed by atoms with E-state index in [1.807, 2.05) is 10.6 Å². The van der Waals surface area contributed by atoms with E-state index < -0.39 is 0 Å². The molecule has 0 aliphatic carbocycles. The first-order valence-electron chi connectivity index (χ1n) is 7.23. The largest absolute Gasteiger partial charge is 0.316 e. The van der Waals surface area contributed by atoms with Crippen LogP contribution in [0.25, 0.3) is 10.4 Å². The number of pyridine rings is 1. The van der Waals surface area contributed by atoms with Crippen LogP contribution < -0.4 is 10.9 Å². The van der Waals surface area contributed by atoms with Crippen molar-refractivity contribution in [1.29, 1.82) is 0 Å². The minimum absolute atomic E-state index is 0.195. The predicted molar refractivity (Wildman–Crippen MR) is 82.5 cm³/mol. The summed E-state index contributed by atoms with van der Waals surface area (Å²) in [6.07, 6.45) is 1.23. The lowest BCUT2D eigenvalue weighted by atomic mass is 9.84. The Labute approximate surface area is 122 Å². The van der Waals surface area contributed by atoms with E-state index in [0.717, 1.165) is 30.1 Å². The van der Waals surface area contributed by atoms with Crippen LogP contribution in [0.15, 0.2) is 29.1 Å². The minimum Gasteiger partial charge on any atom is -0.316 e. The van der Waals surface area contributed by atoms with E-state index in [4.69, 9.17) is 0 Å². The molecule has 3 nitrogen and oxygen atoms in total. The summed E-state index contributed by atoms with van der Waals surface area (Å²) < 4.78 is 2.03. The van der Waals surface area contributed by atoms with E-state index >= 15 is 0 Å². The molecule has 1 saturated heterocycles. The number of piperidine rings is 1. The highest BCUT2D eigenvalue weighted by atomic mass is 32.1. The average Bonchev–Trinajstić information content (AvgIpc) is 2.87. The van der Waals surface area contributed by atoms with E-state index in [1.165, 1.54) is 17.0 Å². The van der Waals surface area contributed by atoms with Crippen molar-refractivity contribution in [3.05, 3.63) is 45.2 Å². The molecule has 2 aromatic heterocycles. The number of aromatic nitrogens is 1. The smallest absolute Gasteiger partial charge is 0.259 e. The summed E-state index contributed by atoms with van der Waals surface area (Å²) in [5, 5.41) is 3.48. The van der Waals surface area contributed by atoms with Gasteiger partial charge in [0.25, 0.3) is 5.56 Å². The van der Waals surface area contributed by atoms with E-state index in [-0.39, 0.29) is 5.56 Å². The molecule has 0 aromatic carbocycles. The highest BCUT2D eigenvalue weighted by Crippen LogP contribution is 2.33. The van der Waals surface area contributed by atoms with Crippen molar-refractivity contribution in [2.24, 2.45) is 5.92 Å². The van der Waals surface area contributed by atoms with Gasteiger partial charge in [0.1, 0.15) is 0 Å². The van der Waals surface area contributed by atoms with Crippen LogP contribution in [0.1, 0.15) is 22.9 Å². The maximum atomic E-state index is 12.8. The number of nitrogens with zero attached hydrogens (tertiary/aromatic N) is 1. The Hall–Kier alpha value is -1.39. The molecule has 2 bridgehead atoms. The molecule has 0 saturated carbocycles. The molecule has 0 radical (unpaired) electrons. The second-order valence-electron chi connectivity index (χ2n) is 5.95. The predicted octanol–water partition coefficient (Wildman–Crippen LogP) is 2.59. The summed E-state index contributed by atoms with van der Waals surface area (Å²) in [5.74, 6) is 1.12. The zero-order chi connectivity index (χ0) is 13.7. The Morgan fingerprint density at radius 2 is 2.15 bits per heavy atom. The van der Waals surface area contributed by atoms with Crippen molar-refractivity contribution in [3.8, 4) is 10.4 Å². The van der Waals surface area contributed by atoms with Gasteiger partial charge in [-0.05, 0) is 50.1 Å². The highest BCUT2D eigenvalue weighted by Gasteiger charge is 2.31. The molecule has 1 fully saturated rings. The van der Waals surface area contributed by atoms with Crippen LogP contribution in [-0.2, 0) is 6.54 Å². The highest BCUT2D eigenvalue weighted by molar-refractivity contribution is 7.15. The fourth-order valence-corrected chi connectivity index (χ4v) is 4.44. The molecule has 4 rings (SSSR count). The summed E-state index contributed by atoms with van der Waals surface area (Å²) >= 11 is 1.70. The fourth-order valence-electron chi connectivity index (χ4n) is 3.56. The summed E-state index contributed by atoms with van der Waals surface area (Å²) in [4.78, 5) is 15.2. The molecular weight excluding hydrogens is 268 g/mol. The average molecular weight is 286 g/mol. The zero-order valence-corrected chi connectivity index (χ0v) is 12.4. The van der Waals surface area contributed by atoms with Crippen molar-refractivity contribution in [3.63, 3.8) is 0 Å². The van der Waals surface area contributed by atoms with Gasteiger partial charge in [0.15, 0.2) is 0 Å². The van der Waals surface area contributed by atoms with Crippen LogP contribution in [0, 0.1) is 12.8 Å². The monoisotopic (exact) mass is 286 g/mol. The van der Waals surface area contributed by atoms with Crippen LogP contribution in [0.2, 0.25) is 0 Å². The van der Waals surface area contributed by atoms with E-state index in [0.29, 0.717) is 11.8 Å². The topological polar surface area (TPSA) is 34.0 Å². The van der Waals surface area contributed by atoms with Gasteiger partial charge < -0.3 is 9.88 Å². The van der Waals surface area contributed by atoms with Gasteiger partial charge in [0.2, 0.25) is 0 Å². The third kappa shape index (κ3) is 1.86. The van der Waals surface area contributed by atoms with Gasteiger partial charge in [-0.15, -0.1) is 11.3 Å². The Morgan fingerprint density at radius 3 is 2.95 bits per heavy atom. The second-order valence-corrected chi connectivity index (χ2v) is 7.24. The normalized spacial score (nSPS) is 24.4. The van der Waals surface area contributed by atoms with Crippen LogP contribution in [-0.4, -0.2) is 17.7 Å². The Bertz CT molecular complexity index is 716. The lowest BCUT2D eigenvalue weighted by Gasteiger charge is -2.37. The van der Waals surface area contributed by atoms with Gasteiger partial charge in [-0.3, -0.25) is 4.79 Å². The van der Waals surface area contributed by atoms with Crippen LogP contribution in [0.3, 0.4) is 0 Å². The molecule has 2 unspecified atom stereocenters. The molecule has 20 heavy (non-hydrogen) atoms. The SMILES string of the molecule is Cc1ccc(-c2ccc3n(c2=O)CC2CNCC3C2)s1. The second kappa shape index (κ2) is 4.57. The third-order valence-electron chi connectivity index (χ3n) is 4.51. The molecule has 4 heteroatoms. The van der Waals surface area contributed by atoms with Crippen LogP contribution in [0.4, 0.5) is 0 Å². The number of thiophene rings is 1. The number of rotatable bonds is 1. The summed E-state index contributed by atoms with van der Waals surface area (Å²) in [6, 6.07) is 8.34. The Balaban J connectivity index is 1.86. The maximum Gasteiger partial charge on any atom is 0.259 e. The lowest BCUT2D eigenvalue weighted by molar-refractivity contribution is 0.257. The molecule has 104 valence electrons. The van der Waals surface area contributed by atoms with Crippen molar-refractivity contribution in [2.75, 3.05) is 13.1 Å². The zero-order valence-electron chi connectivity index (χ0n) is 11.6. The quantitative estimate of drug-likeness (QED) is 0.874. The minimum atomic E-state index is 0.195. The Kier molecular flexibility index (Phi) is 2.82. The molecule has 2 aliphatic rings. The molecular formula is C16H18N2OS. The first-order valence-corrected chi connectivity index (χ1v) is 8.05. The molecule has 2 aliphatic heterocycles. The molecule has 2 aromatic rings. The fraction of sp³-hybridized carbons (Fsp3) is 0.438. The number of fused-ring (bicyclic) bond motifs is 4. The van der Waals surface area contributed by atoms with Gasteiger partial charge in [0, 0.05) is 34.5 Å². The summed E-state index contributed by atoms with van der Waals surface area (Å²) in [6.45, 7) is 5.01. The molecule has 1 N–H and O–H groups in total. The summed E-state index contributed by atoms with van der Waals surface area (Å²) in [7, 11) is 0. The van der Waals surface area contributed by atoms with Gasteiger partial charge in [-0.2, -0.15) is 0 Å². The van der Waals surface area contributed by atoms with Crippen molar-refractivity contribution >= 4 is 11.3 Å². The van der Waals surface area contributed by atoms with E-state index in [2.05, 4.69) is 30.4 Å². The van der Waals surface area contributed by atoms with Crippen molar-refractivity contribution < 1.29 is 0 Å². The summed E-state index contributed by atoms with van der Waals surface area (Å²) in [5.41, 5.74) is 2.27. The number of aryl methyl sites for hydroxylation is 1. The number of nitrogens with one attached hydrogen (secondary N) is 1. The molecule has 0 spiro atoms. The third-order valence-corrected chi connectivity index (χ3v) is 5.55. The van der Waals surface area contributed by atoms with Crippen LogP contribution in [0.5, 0.6) is 0 Å². The van der Waals surface area contributed by atoms with E-state index in [1.54, 1.807) is 11.3 Å². The van der Waals surface area contributed by atoms with Crippen molar-refractivity contribution in [2.45, 2.75) is 25.8 Å². The van der Waals surface area contributed by atoms with Gasteiger partial charge in [-0.25, -0.2) is 0 Å². The molecule has 2 atom stereocenters. The van der Waals surface area contributed by atoms with Crippen LogP contribution >= 0.6 is 11.3 Å². The van der Waals surface area contributed by atoms with Gasteiger partial charge in [0.05, 0.1) is 5.56 Å². The lowest BCUT2D eigenvalue weighted by Crippen LogP contribution is -2.45. The molecule has 0 amide bonds. The Morgan fingerprint density at radius 1 is 1.25 bits per heavy atom.